The van der Waals surface area contributed by atoms with Gasteiger partial charge < -0.3 is 10.1 Å². The van der Waals surface area contributed by atoms with Crippen LogP contribution in [-0.2, 0) is 27.9 Å². The van der Waals surface area contributed by atoms with Crippen molar-refractivity contribution in [3.63, 3.8) is 0 Å². The maximum Gasteiger partial charge on any atom is 0.243 e. The highest BCUT2D eigenvalue weighted by atomic mass is 32.2. The number of carbonyl (C=O) groups is 1. The van der Waals surface area contributed by atoms with Crippen LogP contribution in [0.1, 0.15) is 30.9 Å². The maximum atomic E-state index is 12.9. The fraction of sp³-hybridized carbons (Fsp3) is 0.435. The number of ether oxygens (including phenoxy) is 1. The fourth-order valence-corrected chi connectivity index (χ4v) is 5.12. The Kier molecular flexibility index (Phi) is 7.56. The molecule has 0 saturated carbocycles. The van der Waals surface area contributed by atoms with Crippen LogP contribution in [0.2, 0.25) is 0 Å². The average Bonchev–Trinajstić information content (AvgIpc) is 3.25. The largest absolute Gasteiger partial charge is 0.497 e. The van der Waals surface area contributed by atoms with Crippen LogP contribution in [0.15, 0.2) is 48.5 Å². The third-order valence-corrected chi connectivity index (χ3v) is 6.80. The highest BCUT2D eigenvalue weighted by Gasteiger charge is 2.29. The first-order valence-electron chi connectivity index (χ1n) is 10.5. The number of nitrogens with zero attached hydrogens (tertiary/aromatic N) is 2. The normalized spacial score (nSPS) is 15.5. The van der Waals surface area contributed by atoms with E-state index in [4.69, 9.17) is 4.74 Å². The molecular formula is C23H31N3O4S. The topological polar surface area (TPSA) is 79.0 Å². The van der Waals surface area contributed by atoms with Crippen LogP contribution in [0.4, 0.5) is 5.69 Å². The van der Waals surface area contributed by atoms with E-state index in [1.165, 1.54) is 25.5 Å². The van der Waals surface area contributed by atoms with Gasteiger partial charge in [-0.3, -0.25) is 14.0 Å². The molecule has 0 aliphatic carbocycles. The van der Waals surface area contributed by atoms with Gasteiger partial charge in [0.25, 0.3) is 0 Å². The first kappa shape index (κ1) is 23.1. The molecule has 1 atom stereocenters. The van der Waals surface area contributed by atoms with Crippen LogP contribution in [-0.4, -0.2) is 51.7 Å². The van der Waals surface area contributed by atoms with Crippen molar-refractivity contribution in [2.24, 2.45) is 0 Å². The first-order chi connectivity index (χ1) is 14.8. The van der Waals surface area contributed by atoms with Crippen LogP contribution in [0.5, 0.6) is 5.75 Å². The summed E-state index contributed by atoms with van der Waals surface area (Å²) in [4.78, 5) is 15.3. The average molecular weight is 446 g/mol. The molecule has 1 amide bonds. The number of carbonyl (C=O) groups excluding carboxylic acids is 1. The van der Waals surface area contributed by atoms with Gasteiger partial charge in [0.15, 0.2) is 0 Å². The van der Waals surface area contributed by atoms with Crippen molar-refractivity contribution in [1.29, 1.82) is 0 Å². The van der Waals surface area contributed by atoms with E-state index in [0.717, 1.165) is 35.8 Å². The number of methoxy groups -OCH3 is 1. The number of likely N-dealkylation sites (tertiary alicyclic amines) is 1. The third kappa shape index (κ3) is 5.98. The van der Waals surface area contributed by atoms with E-state index in [1.807, 2.05) is 18.2 Å². The molecule has 1 N–H and O–H groups in total. The van der Waals surface area contributed by atoms with E-state index in [9.17, 15) is 13.2 Å². The van der Waals surface area contributed by atoms with Gasteiger partial charge in [-0.15, -0.1) is 0 Å². The number of benzene rings is 2. The van der Waals surface area contributed by atoms with Crippen molar-refractivity contribution >= 4 is 21.6 Å². The van der Waals surface area contributed by atoms with Crippen molar-refractivity contribution in [1.82, 2.24) is 10.2 Å². The number of hydrogen-bond acceptors (Lipinski definition) is 5. The van der Waals surface area contributed by atoms with Crippen molar-refractivity contribution in [2.45, 2.75) is 38.9 Å². The van der Waals surface area contributed by atoms with Gasteiger partial charge in [-0.1, -0.05) is 30.3 Å². The molecule has 31 heavy (non-hydrogen) atoms. The number of rotatable bonds is 9. The summed E-state index contributed by atoms with van der Waals surface area (Å²) in [5.41, 5.74) is 2.62. The lowest BCUT2D eigenvalue weighted by Crippen LogP contribution is -2.47. The molecule has 0 spiro atoms. The Morgan fingerprint density at radius 1 is 1.13 bits per heavy atom. The summed E-state index contributed by atoms with van der Waals surface area (Å²) in [7, 11) is -2.17. The first-order valence-corrected chi connectivity index (χ1v) is 12.3. The van der Waals surface area contributed by atoms with Gasteiger partial charge in [0, 0.05) is 19.2 Å². The fourth-order valence-electron chi connectivity index (χ4n) is 3.95. The zero-order valence-electron chi connectivity index (χ0n) is 18.4. The molecule has 1 heterocycles. The predicted octanol–water partition coefficient (Wildman–Crippen LogP) is 2.76. The van der Waals surface area contributed by atoms with E-state index >= 15 is 0 Å². The minimum Gasteiger partial charge on any atom is -0.497 e. The molecule has 7 nitrogen and oxygen atoms in total. The molecule has 2 aromatic rings. The van der Waals surface area contributed by atoms with E-state index < -0.39 is 16.1 Å². The Balaban J connectivity index is 1.73. The van der Waals surface area contributed by atoms with Gasteiger partial charge in [0.05, 0.1) is 19.1 Å². The van der Waals surface area contributed by atoms with E-state index in [-0.39, 0.29) is 5.91 Å². The zero-order chi connectivity index (χ0) is 22.4. The van der Waals surface area contributed by atoms with E-state index in [0.29, 0.717) is 18.0 Å². The Hall–Kier alpha value is -2.58. The molecule has 0 radical (unpaired) electrons. The number of anilines is 1. The zero-order valence-corrected chi connectivity index (χ0v) is 19.2. The van der Waals surface area contributed by atoms with Gasteiger partial charge >= 0.3 is 0 Å². The quantitative estimate of drug-likeness (QED) is 0.642. The summed E-state index contributed by atoms with van der Waals surface area (Å²) in [6.07, 6.45) is 3.55. The molecule has 8 heteroatoms. The van der Waals surface area contributed by atoms with Crippen molar-refractivity contribution < 1.29 is 17.9 Å². The molecule has 1 aliphatic rings. The monoisotopic (exact) mass is 445 g/mol. The van der Waals surface area contributed by atoms with Gasteiger partial charge in [0.2, 0.25) is 15.9 Å². The van der Waals surface area contributed by atoms with Gasteiger partial charge in [-0.2, -0.15) is 0 Å². The van der Waals surface area contributed by atoms with E-state index in [2.05, 4.69) is 16.3 Å². The molecule has 0 bridgehead atoms. The minimum absolute atomic E-state index is 0.350. The summed E-state index contributed by atoms with van der Waals surface area (Å²) in [5.74, 6) is 0.166. The Labute approximate surface area is 185 Å². The predicted molar refractivity (Wildman–Crippen MR) is 123 cm³/mol. The summed E-state index contributed by atoms with van der Waals surface area (Å²) in [5, 5.41) is 2.92. The number of amides is 1. The maximum absolute atomic E-state index is 12.9. The highest BCUT2D eigenvalue weighted by molar-refractivity contribution is 7.92. The number of hydrogen-bond donors (Lipinski definition) is 1. The van der Waals surface area contributed by atoms with Crippen LogP contribution in [0.25, 0.3) is 0 Å². The summed E-state index contributed by atoms with van der Waals surface area (Å²) in [6, 6.07) is 13.8. The van der Waals surface area contributed by atoms with Gasteiger partial charge in [0.1, 0.15) is 11.8 Å². The standard InChI is InChI=1S/C23H31N3O4S/c1-18(26(31(3,28)29)21-11-8-12-22(15-21)30-2)23(27)24-16-19-9-4-5-10-20(19)17-25-13-6-7-14-25/h4-5,8-12,15,18H,6-7,13-14,16-17H2,1-3H3,(H,24,27). The van der Waals surface area contributed by atoms with Crippen LogP contribution >= 0.6 is 0 Å². The molecular weight excluding hydrogens is 414 g/mol. The number of nitrogens with one attached hydrogen (secondary N) is 1. The molecule has 1 aliphatic heterocycles. The molecule has 1 unspecified atom stereocenters. The highest BCUT2D eigenvalue weighted by Crippen LogP contribution is 2.25. The molecule has 1 fully saturated rings. The Morgan fingerprint density at radius 3 is 2.45 bits per heavy atom. The molecule has 3 rings (SSSR count). The lowest BCUT2D eigenvalue weighted by molar-refractivity contribution is -0.122. The lowest BCUT2D eigenvalue weighted by Gasteiger charge is -2.28. The van der Waals surface area contributed by atoms with Gasteiger partial charge in [-0.25, -0.2) is 8.42 Å². The van der Waals surface area contributed by atoms with Gasteiger partial charge in [-0.05, 0) is 56.1 Å². The SMILES string of the molecule is COc1cccc(N(C(C)C(=O)NCc2ccccc2CN2CCCC2)S(C)(=O)=O)c1. The molecule has 1 saturated heterocycles. The molecule has 168 valence electrons. The lowest BCUT2D eigenvalue weighted by atomic mass is 10.1. The summed E-state index contributed by atoms with van der Waals surface area (Å²) < 4.78 is 31.3. The summed E-state index contributed by atoms with van der Waals surface area (Å²) in [6.45, 7) is 5.00. The second-order valence-corrected chi connectivity index (χ2v) is 9.77. The Bertz CT molecular complexity index is 1000. The van der Waals surface area contributed by atoms with Crippen molar-refractivity contribution in [3.05, 3.63) is 59.7 Å². The minimum atomic E-state index is -3.68. The Morgan fingerprint density at radius 2 is 1.81 bits per heavy atom. The summed E-state index contributed by atoms with van der Waals surface area (Å²) >= 11 is 0. The van der Waals surface area contributed by atoms with Crippen LogP contribution in [0.3, 0.4) is 0 Å². The van der Waals surface area contributed by atoms with Crippen LogP contribution < -0.4 is 14.4 Å². The molecule has 0 aromatic heterocycles. The molecule has 2 aromatic carbocycles. The van der Waals surface area contributed by atoms with Crippen LogP contribution in [0, 0.1) is 0 Å². The third-order valence-electron chi connectivity index (χ3n) is 5.56. The number of sulfonamides is 1. The van der Waals surface area contributed by atoms with E-state index in [1.54, 1.807) is 31.2 Å². The second-order valence-electron chi connectivity index (χ2n) is 7.91. The second kappa shape index (κ2) is 10.2. The smallest absolute Gasteiger partial charge is 0.243 e. The van der Waals surface area contributed by atoms with Crippen molar-refractivity contribution in [3.8, 4) is 5.75 Å². The van der Waals surface area contributed by atoms with Crippen molar-refractivity contribution in [2.75, 3.05) is 30.8 Å².